The minimum absolute atomic E-state index is 0. The third-order valence-electron chi connectivity index (χ3n) is 4.43. The van der Waals surface area contributed by atoms with Crippen LogP contribution in [0.3, 0.4) is 0 Å². The molecule has 0 aromatic heterocycles. The van der Waals surface area contributed by atoms with E-state index in [-0.39, 0.29) is 24.7 Å². The minimum Gasteiger partial charge on any atom is -0.491 e. The number of nitro benzene ring substituents is 1. The summed E-state index contributed by atoms with van der Waals surface area (Å²) in [6.45, 7) is 3.85. The first-order valence-electron chi connectivity index (χ1n) is 8.39. The number of hydrogen-bond donors (Lipinski definition) is 1. The first-order chi connectivity index (χ1) is 11.1. The zero-order valence-corrected chi connectivity index (χ0v) is 14.9. The predicted octanol–water partition coefficient (Wildman–Crippen LogP) is 3.41. The molecular weight excluding hydrogens is 332 g/mol. The Kier molecular flexibility index (Phi) is 9.03. The zero-order valence-electron chi connectivity index (χ0n) is 14.1. The Morgan fingerprint density at radius 2 is 1.92 bits per heavy atom. The summed E-state index contributed by atoms with van der Waals surface area (Å²) in [5.41, 5.74) is 0.0346. The summed E-state index contributed by atoms with van der Waals surface area (Å²) in [5.74, 6) is 0.537. The maximum atomic E-state index is 10.6. The second-order valence-electron chi connectivity index (χ2n) is 6.10. The molecular formula is C17H27ClN2O4. The molecule has 1 aliphatic rings. The molecule has 136 valence electrons. The predicted molar refractivity (Wildman–Crippen MR) is 96.0 cm³/mol. The van der Waals surface area contributed by atoms with E-state index >= 15 is 0 Å². The number of aliphatic hydroxyl groups is 1. The van der Waals surface area contributed by atoms with Crippen molar-refractivity contribution in [2.24, 2.45) is 0 Å². The largest absolute Gasteiger partial charge is 0.491 e. The SMILES string of the molecule is CCN(CC(O)COc1ccc([N+](=O)[O-])cc1)C1CCCCC1.Cl. The van der Waals surface area contributed by atoms with Gasteiger partial charge in [-0.2, -0.15) is 0 Å². The first kappa shape index (κ1) is 20.7. The normalized spacial score (nSPS) is 16.5. The minimum atomic E-state index is -0.563. The van der Waals surface area contributed by atoms with Gasteiger partial charge in [0.2, 0.25) is 0 Å². The Bertz CT molecular complexity index is 492. The standard InChI is InChI=1S/C17H26N2O4.ClH/c1-2-18(14-6-4-3-5-7-14)12-16(20)13-23-17-10-8-15(9-11-17)19(21)22;/h8-11,14,16,20H,2-7,12-13H2,1H3;1H. The molecule has 1 unspecified atom stereocenters. The molecule has 0 spiro atoms. The van der Waals surface area contributed by atoms with Crippen molar-refractivity contribution in [3.63, 3.8) is 0 Å². The van der Waals surface area contributed by atoms with Gasteiger partial charge in [0.05, 0.1) is 4.92 Å². The van der Waals surface area contributed by atoms with Crippen molar-refractivity contribution in [3.8, 4) is 5.75 Å². The molecule has 2 rings (SSSR count). The summed E-state index contributed by atoms with van der Waals surface area (Å²) in [5, 5.41) is 20.8. The lowest BCUT2D eigenvalue weighted by atomic mass is 9.94. The first-order valence-corrected chi connectivity index (χ1v) is 8.39. The van der Waals surface area contributed by atoms with Gasteiger partial charge in [-0.15, -0.1) is 12.4 Å². The molecule has 1 saturated carbocycles. The van der Waals surface area contributed by atoms with Gasteiger partial charge in [0.15, 0.2) is 0 Å². The van der Waals surface area contributed by atoms with Gasteiger partial charge < -0.3 is 9.84 Å². The lowest BCUT2D eigenvalue weighted by molar-refractivity contribution is -0.384. The smallest absolute Gasteiger partial charge is 0.269 e. The molecule has 1 N–H and O–H groups in total. The number of nitro groups is 1. The number of non-ortho nitro benzene ring substituents is 1. The van der Waals surface area contributed by atoms with E-state index in [4.69, 9.17) is 4.74 Å². The van der Waals surface area contributed by atoms with Gasteiger partial charge in [0.25, 0.3) is 5.69 Å². The molecule has 1 aliphatic carbocycles. The van der Waals surface area contributed by atoms with Gasteiger partial charge in [0.1, 0.15) is 18.5 Å². The maximum Gasteiger partial charge on any atom is 0.269 e. The van der Waals surface area contributed by atoms with E-state index in [1.54, 1.807) is 12.1 Å². The van der Waals surface area contributed by atoms with E-state index in [0.717, 1.165) is 6.54 Å². The number of halogens is 1. The molecule has 0 bridgehead atoms. The molecule has 1 aromatic carbocycles. The highest BCUT2D eigenvalue weighted by molar-refractivity contribution is 5.85. The Hall–Kier alpha value is -1.37. The van der Waals surface area contributed by atoms with E-state index in [1.807, 2.05) is 0 Å². The van der Waals surface area contributed by atoms with Crippen LogP contribution in [0.5, 0.6) is 5.75 Å². The summed E-state index contributed by atoms with van der Waals surface area (Å²) < 4.78 is 5.54. The van der Waals surface area contributed by atoms with Gasteiger partial charge in [-0.05, 0) is 31.5 Å². The van der Waals surface area contributed by atoms with Crippen LogP contribution in [0, 0.1) is 10.1 Å². The van der Waals surface area contributed by atoms with E-state index < -0.39 is 11.0 Å². The van der Waals surface area contributed by atoms with Crippen molar-refractivity contribution in [1.82, 2.24) is 4.90 Å². The lowest BCUT2D eigenvalue weighted by Crippen LogP contribution is -2.43. The molecule has 6 nitrogen and oxygen atoms in total. The van der Waals surface area contributed by atoms with Crippen LogP contribution in [0.4, 0.5) is 5.69 Å². The highest BCUT2D eigenvalue weighted by Crippen LogP contribution is 2.23. The zero-order chi connectivity index (χ0) is 16.7. The molecule has 0 amide bonds. The van der Waals surface area contributed by atoms with Gasteiger partial charge >= 0.3 is 0 Å². The van der Waals surface area contributed by atoms with Crippen LogP contribution in [0.1, 0.15) is 39.0 Å². The Labute approximate surface area is 149 Å². The van der Waals surface area contributed by atoms with Gasteiger partial charge in [-0.1, -0.05) is 26.2 Å². The third kappa shape index (κ3) is 6.26. The van der Waals surface area contributed by atoms with Crippen molar-refractivity contribution in [3.05, 3.63) is 34.4 Å². The molecule has 7 heteroatoms. The lowest BCUT2D eigenvalue weighted by Gasteiger charge is -2.34. The van der Waals surface area contributed by atoms with Crippen LogP contribution < -0.4 is 4.74 Å². The molecule has 1 atom stereocenters. The van der Waals surface area contributed by atoms with Crippen LogP contribution in [0.25, 0.3) is 0 Å². The van der Waals surface area contributed by atoms with Crippen LogP contribution >= 0.6 is 12.4 Å². The van der Waals surface area contributed by atoms with E-state index in [0.29, 0.717) is 18.3 Å². The number of rotatable bonds is 8. The summed E-state index contributed by atoms with van der Waals surface area (Å²) in [6, 6.07) is 6.50. The monoisotopic (exact) mass is 358 g/mol. The fourth-order valence-electron chi connectivity index (χ4n) is 3.16. The van der Waals surface area contributed by atoms with Gasteiger partial charge in [-0.25, -0.2) is 0 Å². The van der Waals surface area contributed by atoms with Crippen molar-refractivity contribution in [2.75, 3.05) is 19.7 Å². The molecule has 0 saturated heterocycles. The topological polar surface area (TPSA) is 75.8 Å². The van der Waals surface area contributed by atoms with Crippen LogP contribution in [0.15, 0.2) is 24.3 Å². The fraction of sp³-hybridized carbons (Fsp3) is 0.647. The van der Waals surface area contributed by atoms with Crippen molar-refractivity contribution >= 4 is 18.1 Å². The van der Waals surface area contributed by atoms with Crippen LogP contribution in [-0.2, 0) is 0 Å². The molecule has 0 heterocycles. The van der Waals surface area contributed by atoms with E-state index in [1.165, 1.54) is 44.2 Å². The second-order valence-corrected chi connectivity index (χ2v) is 6.10. The Balaban J connectivity index is 0.00000288. The Morgan fingerprint density at radius 3 is 2.46 bits per heavy atom. The highest BCUT2D eigenvalue weighted by Gasteiger charge is 2.22. The number of likely N-dealkylation sites (N-methyl/N-ethyl adjacent to an activating group) is 1. The number of hydrogen-bond acceptors (Lipinski definition) is 5. The average molecular weight is 359 g/mol. The highest BCUT2D eigenvalue weighted by atomic mass is 35.5. The summed E-state index contributed by atoms with van der Waals surface area (Å²) in [7, 11) is 0. The average Bonchev–Trinajstić information content (AvgIpc) is 2.59. The molecule has 0 aliphatic heterocycles. The number of nitrogens with zero attached hydrogens (tertiary/aromatic N) is 2. The van der Waals surface area contributed by atoms with Gasteiger partial charge in [-0.3, -0.25) is 15.0 Å². The molecule has 1 aromatic rings. The second kappa shape index (κ2) is 10.5. The van der Waals surface area contributed by atoms with Crippen LogP contribution in [-0.4, -0.2) is 46.8 Å². The fourth-order valence-corrected chi connectivity index (χ4v) is 3.16. The number of aliphatic hydroxyl groups excluding tert-OH is 1. The van der Waals surface area contributed by atoms with Gasteiger partial charge in [0, 0.05) is 24.7 Å². The molecule has 24 heavy (non-hydrogen) atoms. The van der Waals surface area contributed by atoms with Crippen molar-refractivity contribution < 1.29 is 14.8 Å². The Morgan fingerprint density at radius 1 is 1.29 bits per heavy atom. The quantitative estimate of drug-likeness (QED) is 0.569. The van der Waals surface area contributed by atoms with E-state index in [9.17, 15) is 15.2 Å². The van der Waals surface area contributed by atoms with Crippen LogP contribution in [0.2, 0.25) is 0 Å². The maximum absolute atomic E-state index is 10.6. The summed E-state index contributed by atoms with van der Waals surface area (Å²) in [6.07, 6.45) is 5.73. The van der Waals surface area contributed by atoms with E-state index in [2.05, 4.69) is 11.8 Å². The molecule has 1 fully saturated rings. The molecule has 0 radical (unpaired) electrons. The number of benzene rings is 1. The third-order valence-corrected chi connectivity index (χ3v) is 4.43. The summed E-state index contributed by atoms with van der Waals surface area (Å²) >= 11 is 0. The van der Waals surface area contributed by atoms with Crippen molar-refractivity contribution in [2.45, 2.75) is 51.2 Å². The number of ether oxygens (including phenoxy) is 1. The summed E-state index contributed by atoms with van der Waals surface area (Å²) in [4.78, 5) is 12.5. The van der Waals surface area contributed by atoms with Crippen molar-refractivity contribution in [1.29, 1.82) is 0 Å².